The summed E-state index contributed by atoms with van der Waals surface area (Å²) >= 11 is 0. The van der Waals surface area contributed by atoms with E-state index in [0.717, 1.165) is 11.5 Å². The molecule has 0 heterocycles. The van der Waals surface area contributed by atoms with E-state index in [1.807, 2.05) is 38.1 Å². The highest BCUT2D eigenvalue weighted by Gasteiger charge is 2.08. The summed E-state index contributed by atoms with van der Waals surface area (Å²) in [5.41, 5.74) is 5.69. The van der Waals surface area contributed by atoms with E-state index >= 15 is 0 Å². The van der Waals surface area contributed by atoms with Crippen LogP contribution in [0.15, 0.2) is 24.3 Å². The Bertz CT molecular complexity index is 269. The summed E-state index contributed by atoms with van der Waals surface area (Å²) in [7, 11) is 1.64. The molecular formula is C11H17NO2. The van der Waals surface area contributed by atoms with E-state index in [9.17, 15) is 0 Å². The second-order valence-corrected chi connectivity index (χ2v) is 3.36. The fourth-order valence-electron chi connectivity index (χ4n) is 0.976. The lowest BCUT2D eigenvalue weighted by Gasteiger charge is -2.17. The van der Waals surface area contributed by atoms with Crippen LogP contribution in [0.3, 0.4) is 0 Å². The molecule has 2 N–H and O–H groups in total. The lowest BCUT2D eigenvalue weighted by atomic mass is 10.2. The summed E-state index contributed by atoms with van der Waals surface area (Å²) in [5, 5.41) is 0. The third-order valence-electron chi connectivity index (χ3n) is 2.12. The number of rotatable bonds is 4. The van der Waals surface area contributed by atoms with Crippen molar-refractivity contribution >= 4 is 0 Å². The second-order valence-electron chi connectivity index (χ2n) is 3.36. The van der Waals surface area contributed by atoms with Gasteiger partial charge >= 0.3 is 0 Å². The Hall–Kier alpha value is -1.22. The predicted molar refractivity (Wildman–Crippen MR) is 56.7 cm³/mol. The first kappa shape index (κ1) is 10.9. The molecule has 0 fully saturated rings. The molecule has 1 aromatic carbocycles. The van der Waals surface area contributed by atoms with Crippen LogP contribution in [0.2, 0.25) is 0 Å². The van der Waals surface area contributed by atoms with E-state index in [2.05, 4.69) is 0 Å². The highest BCUT2D eigenvalue weighted by atomic mass is 16.5. The molecule has 1 rings (SSSR count). The van der Waals surface area contributed by atoms with Crippen LogP contribution in [0.1, 0.15) is 13.8 Å². The van der Waals surface area contributed by atoms with Gasteiger partial charge in [-0.3, -0.25) is 0 Å². The maximum atomic E-state index is 5.69. The largest absolute Gasteiger partial charge is 0.497 e. The highest BCUT2D eigenvalue weighted by Crippen LogP contribution is 2.18. The fourth-order valence-corrected chi connectivity index (χ4v) is 0.976. The lowest BCUT2D eigenvalue weighted by Crippen LogP contribution is -2.33. The molecule has 0 radical (unpaired) electrons. The number of hydrogen-bond donors (Lipinski definition) is 1. The van der Waals surface area contributed by atoms with Crippen molar-refractivity contribution in [1.82, 2.24) is 0 Å². The van der Waals surface area contributed by atoms with Crippen molar-refractivity contribution in [3.63, 3.8) is 0 Å². The third-order valence-corrected chi connectivity index (χ3v) is 2.12. The Morgan fingerprint density at radius 3 is 2.00 bits per heavy atom. The van der Waals surface area contributed by atoms with Gasteiger partial charge in [0, 0.05) is 6.04 Å². The van der Waals surface area contributed by atoms with Crippen LogP contribution >= 0.6 is 0 Å². The standard InChI is InChI=1S/C11H17NO2/c1-8(12)9(2)14-11-6-4-10(13-3)5-7-11/h4-9H,12H2,1-3H3/t8-,9?/m0/s1. The molecule has 1 unspecified atom stereocenters. The summed E-state index contributed by atoms with van der Waals surface area (Å²) in [5.74, 6) is 1.64. The predicted octanol–water partition coefficient (Wildman–Crippen LogP) is 1.81. The van der Waals surface area contributed by atoms with Gasteiger partial charge in [0.1, 0.15) is 17.6 Å². The fraction of sp³-hybridized carbons (Fsp3) is 0.455. The quantitative estimate of drug-likeness (QED) is 0.796. The lowest BCUT2D eigenvalue weighted by molar-refractivity contribution is 0.196. The van der Waals surface area contributed by atoms with Crippen molar-refractivity contribution in [1.29, 1.82) is 0 Å². The summed E-state index contributed by atoms with van der Waals surface area (Å²) < 4.78 is 10.6. The zero-order chi connectivity index (χ0) is 10.6. The van der Waals surface area contributed by atoms with Crippen molar-refractivity contribution in [3.8, 4) is 11.5 Å². The molecule has 0 saturated heterocycles. The topological polar surface area (TPSA) is 44.5 Å². The molecule has 3 nitrogen and oxygen atoms in total. The zero-order valence-electron chi connectivity index (χ0n) is 8.86. The molecule has 0 aliphatic rings. The first-order valence-corrected chi connectivity index (χ1v) is 4.69. The van der Waals surface area contributed by atoms with Gasteiger partial charge in [-0.2, -0.15) is 0 Å². The first-order chi connectivity index (χ1) is 6.63. The number of methoxy groups -OCH3 is 1. The minimum atomic E-state index is 0.0170. The van der Waals surface area contributed by atoms with Crippen LogP contribution in [0.25, 0.3) is 0 Å². The van der Waals surface area contributed by atoms with Crippen molar-refractivity contribution in [2.24, 2.45) is 5.73 Å². The third kappa shape index (κ3) is 2.92. The number of hydrogen-bond acceptors (Lipinski definition) is 3. The first-order valence-electron chi connectivity index (χ1n) is 4.69. The molecule has 2 atom stereocenters. The van der Waals surface area contributed by atoms with Gasteiger partial charge in [0.25, 0.3) is 0 Å². The van der Waals surface area contributed by atoms with Crippen LogP contribution in [0.4, 0.5) is 0 Å². The van der Waals surface area contributed by atoms with Gasteiger partial charge in [-0.1, -0.05) is 0 Å². The number of benzene rings is 1. The van der Waals surface area contributed by atoms with Crippen molar-refractivity contribution in [3.05, 3.63) is 24.3 Å². The van der Waals surface area contributed by atoms with Crippen LogP contribution in [0.5, 0.6) is 11.5 Å². The van der Waals surface area contributed by atoms with E-state index in [0.29, 0.717) is 0 Å². The van der Waals surface area contributed by atoms with E-state index in [1.165, 1.54) is 0 Å². The van der Waals surface area contributed by atoms with Crippen molar-refractivity contribution < 1.29 is 9.47 Å². The molecule has 0 bridgehead atoms. The van der Waals surface area contributed by atoms with E-state index in [4.69, 9.17) is 15.2 Å². The summed E-state index contributed by atoms with van der Waals surface area (Å²) in [6.45, 7) is 3.88. The molecular weight excluding hydrogens is 178 g/mol. The van der Waals surface area contributed by atoms with Crippen LogP contribution < -0.4 is 15.2 Å². The number of nitrogens with two attached hydrogens (primary N) is 1. The zero-order valence-corrected chi connectivity index (χ0v) is 8.86. The van der Waals surface area contributed by atoms with Gasteiger partial charge in [-0.05, 0) is 38.1 Å². The van der Waals surface area contributed by atoms with Crippen LogP contribution in [-0.4, -0.2) is 19.3 Å². The number of ether oxygens (including phenoxy) is 2. The highest BCUT2D eigenvalue weighted by molar-refractivity contribution is 5.31. The molecule has 0 spiro atoms. The summed E-state index contributed by atoms with van der Waals surface area (Å²) in [6, 6.07) is 7.50. The van der Waals surface area contributed by atoms with Gasteiger partial charge in [-0.15, -0.1) is 0 Å². The Morgan fingerprint density at radius 1 is 1.07 bits per heavy atom. The maximum absolute atomic E-state index is 5.69. The summed E-state index contributed by atoms with van der Waals surface area (Å²) in [6.07, 6.45) is 0.0170. The average molecular weight is 195 g/mol. The smallest absolute Gasteiger partial charge is 0.120 e. The Labute approximate surface area is 84.8 Å². The van der Waals surface area contributed by atoms with E-state index in [-0.39, 0.29) is 12.1 Å². The van der Waals surface area contributed by atoms with Gasteiger partial charge in [0.2, 0.25) is 0 Å². The molecule has 14 heavy (non-hydrogen) atoms. The van der Waals surface area contributed by atoms with E-state index < -0.39 is 0 Å². The Kier molecular flexibility index (Phi) is 3.77. The molecule has 0 aromatic heterocycles. The summed E-state index contributed by atoms with van der Waals surface area (Å²) in [4.78, 5) is 0. The molecule has 0 aliphatic heterocycles. The minimum Gasteiger partial charge on any atom is -0.497 e. The van der Waals surface area contributed by atoms with Crippen molar-refractivity contribution in [2.45, 2.75) is 26.0 Å². The monoisotopic (exact) mass is 195 g/mol. The second kappa shape index (κ2) is 4.86. The molecule has 3 heteroatoms. The van der Waals surface area contributed by atoms with Gasteiger partial charge < -0.3 is 15.2 Å². The van der Waals surface area contributed by atoms with E-state index in [1.54, 1.807) is 7.11 Å². The maximum Gasteiger partial charge on any atom is 0.120 e. The molecule has 1 aromatic rings. The Morgan fingerprint density at radius 2 is 1.57 bits per heavy atom. The molecule has 0 saturated carbocycles. The molecule has 0 amide bonds. The van der Waals surface area contributed by atoms with Gasteiger partial charge in [0.15, 0.2) is 0 Å². The molecule has 78 valence electrons. The van der Waals surface area contributed by atoms with Gasteiger partial charge in [0.05, 0.1) is 7.11 Å². The normalized spacial score (nSPS) is 14.6. The minimum absolute atomic E-state index is 0.0170. The van der Waals surface area contributed by atoms with Crippen LogP contribution in [0, 0.1) is 0 Å². The van der Waals surface area contributed by atoms with Crippen molar-refractivity contribution in [2.75, 3.05) is 7.11 Å². The van der Waals surface area contributed by atoms with Crippen LogP contribution in [-0.2, 0) is 0 Å². The average Bonchev–Trinajstić information content (AvgIpc) is 2.19. The van der Waals surface area contributed by atoms with Gasteiger partial charge in [-0.25, -0.2) is 0 Å². The Balaban J connectivity index is 2.59. The molecule has 0 aliphatic carbocycles. The SMILES string of the molecule is COc1ccc(OC(C)[C@H](C)N)cc1.